The third-order valence-corrected chi connectivity index (χ3v) is 11.1. The zero-order chi connectivity index (χ0) is 31.0. The monoisotopic (exact) mass is 618 g/mol. The second kappa shape index (κ2) is 13.8. The molecule has 6 aliphatic heterocycles. The number of fused-ring (bicyclic) bond motifs is 7. The van der Waals surface area contributed by atoms with E-state index in [1.165, 1.54) is 18.3 Å². The van der Waals surface area contributed by atoms with Crippen LogP contribution in [-0.2, 0) is 42.7 Å². The van der Waals surface area contributed by atoms with Gasteiger partial charge in [-0.3, -0.25) is 4.79 Å². The molecular formula is C35H54O9. The van der Waals surface area contributed by atoms with Gasteiger partial charge in [-0.1, -0.05) is 27.0 Å². The van der Waals surface area contributed by atoms with Gasteiger partial charge < -0.3 is 37.9 Å². The number of esters is 1. The summed E-state index contributed by atoms with van der Waals surface area (Å²) in [6.45, 7) is 13.1. The lowest BCUT2D eigenvalue weighted by atomic mass is 9.86. The van der Waals surface area contributed by atoms with Crippen LogP contribution in [0.25, 0.3) is 0 Å². The lowest BCUT2D eigenvalue weighted by molar-refractivity contribution is -0.314. The number of rotatable bonds is 10. The van der Waals surface area contributed by atoms with E-state index in [1.807, 2.05) is 0 Å². The summed E-state index contributed by atoms with van der Waals surface area (Å²) in [6, 6.07) is 0. The lowest BCUT2D eigenvalue weighted by Gasteiger charge is -2.45. The molecule has 6 aliphatic rings. The molecule has 9 nitrogen and oxygen atoms in total. The Labute approximate surface area is 263 Å². The highest BCUT2D eigenvalue weighted by atomic mass is 16.7. The van der Waals surface area contributed by atoms with Crippen LogP contribution in [0.5, 0.6) is 0 Å². The standard InChI is InChI=1S/C35H54O9/c1-7-27-22(4)20(2)14-23(39-27)8-10-28-21(3)15-25(40-28)12-13-35-19-26(37-5)16-31(43-35)30-18-32(44-35)34-29(42-30)11-9-24(41-34)17-33(36)38-6/h20,23-32,34H,3-4,7-19H2,1-2,5-6H3/t20-,23+,24-,25+,26-,27-,28+,29+,30-,31+,32-,34+,35+/m1/s1. The zero-order valence-corrected chi connectivity index (χ0v) is 27.2. The van der Waals surface area contributed by atoms with Gasteiger partial charge in [0.05, 0.1) is 74.6 Å². The van der Waals surface area contributed by atoms with Gasteiger partial charge in [-0.05, 0) is 68.4 Å². The SMILES string of the molecule is C=C1C[C@H](CC[C@]23C[C@H](OC)C[C@H](O2)[C@H]2C[C@@H](O3)[C@H]3O[C@@H](CC(=O)OC)CC[C@@H]3O2)O[C@H]1CC[C@H]1C[C@@H](C)C(=C)[C@@H](CC)O1. The predicted molar refractivity (Wildman–Crippen MR) is 163 cm³/mol. The first-order chi connectivity index (χ1) is 21.2. The highest BCUT2D eigenvalue weighted by Gasteiger charge is 2.56. The van der Waals surface area contributed by atoms with Crippen LogP contribution in [-0.4, -0.2) is 93.1 Å². The van der Waals surface area contributed by atoms with E-state index in [1.54, 1.807) is 7.11 Å². The van der Waals surface area contributed by atoms with Crippen molar-refractivity contribution < 1.29 is 42.7 Å². The Morgan fingerprint density at radius 1 is 0.864 bits per heavy atom. The molecule has 6 heterocycles. The maximum atomic E-state index is 12.0. The van der Waals surface area contributed by atoms with Crippen molar-refractivity contribution in [3.63, 3.8) is 0 Å². The van der Waals surface area contributed by atoms with E-state index in [0.717, 1.165) is 57.8 Å². The van der Waals surface area contributed by atoms with Crippen molar-refractivity contribution >= 4 is 5.97 Å². The van der Waals surface area contributed by atoms with Crippen molar-refractivity contribution in [2.45, 2.75) is 170 Å². The topological polar surface area (TPSA) is 90.9 Å². The number of carbonyl (C=O) groups is 1. The average Bonchev–Trinajstić information content (AvgIpc) is 3.35. The van der Waals surface area contributed by atoms with Crippen LogP contribution in [0.15, 0.2) is 24.3 Å². The Hall–Kier alpha value is -1.33. The second-order valence-electron chi connectivity index (χ2n) is 14.1. The fourth-order valence-corrected chi connectivity index (χ4v) is 8.57. The minimum atomic E-state index is -0.799. The summed E-state index contributed by atoms with van der Waals surface area (Å²) in [6.07, 6.45) is 9.97. The summed E-state index contributed by atoms with van der Waals surface area (Å²) >= 11 is 0. The van der Waals surface area contributed by atoms with Crippen LogP contribution < -0.4 is 0 Å². The van der Waals surface area contributed by atoms with E-state index in [-0.39, 0.29) is 79.5 Å². The maximum Gasteiger partial charge on any atom is 0.308 e. The van der Waals surface area contributed by atoms with Crippen molar-refractivity contribution in [2.75, 3.05) is 14.2 Å². The molecule has 6 rings (SSSR count). The average molecular weight is 619 g/mol. The van der Waals surface area contributed by atoms with Crippen molar-refractivity contribution in [1.29, 1.82) is 0 Å². The molecule has 0 radical (unpaired) electrons. The van der Waals surface area contributed by atoms with Crippen LogP contribution in [0.2, 0.25) is 0 Å². The molecule has 0 aliphatic carbocycles. The lowest BCUT2D eigenvalue weighted by Crippen LogP contribution is -2.55. The summed E-state index contributed by atoms with van der Waals surface area (Å²) in [5.74, 6) is -0.560. The molecule has 9 heteroatoms. The quantitative estimate of drug-likeness (QED) is 0.230. The molecule has 44 heavy (non-hydrogen) atoms. The molecule has 4 bridgehead atoms. The molecule has 0 unspecified atom stereocenters. The molecule has 6 saturated heterocycles. The number of ether oxygens (including phenoxy) is 8. The number of methoxy groups -OCH3 is 2. The minimum absolute atomic E-state index is 0.0276. The molecule has 6 fully saturated rings. The van der Waals surface area contributed by atoms with E-state index in [4.69, 9.17) is 37.9 Å². The Morgan fingerprint density at radius 2 is 1.66 bits per heavy atom. The van der Waals surface area contributed by atoms with E-state index < -0.39 is 5.79 Å². The first-order valence-electron chi connectivity index (χ1n) is 17.1. The maximum absolute atomic E-state index is 12.0. The summed E-state index contributed by atoms with van der Waals surface area (Å²) < 4.78 is 50.7. The van der Waals surface area contributed by atoms with E-state index >= 15 is 0 Å². The van der Waals surface area contributed by atoms with Crippen LogP contribution in [0.1, 0.15) is 97.3 Å². The van der Waals surface area contributed by atoms with Gasteiger partial charge in [-0.15, -0.1) is 0 Å². The van der Waals surface area contributed by atoms with E-state index in [2.05, 4.69) is 27.0 Å². The Balaban J connectivity index is 1.08. The first kappa shape index (κ1) is 32.6. The summed E-state index contributed by atoms with van der Waals surface area (Å²) in [7, 11) is 3.19. The van der Waals surface area contributed by atoms with Gasteiger partial charge in [0, 0.05) is 32.8 Å². The molecule has 0 amide bonds. The smallest absolute Gasteiger partial charge is 0.308 e. The fourth-order valence-electron chi connectivity index (χ4n) is 8.57. The second-order valence-corrected chi connectivity index (χ2v) is 14.1. The Bertz CT molecular complexity index is 1050. The summed E-state index contributed by atoms with van der Waals surface area (Å²) in [5.41, 5.74) is 2.40. The van der Waals surface area contributed by atoms with E-state index in [0.29, 0.717) is 25.2 Å². The molecule has 248 valence electrons. The van der Waals surface area contributed by atoms with Crippen LogP contribution in [0.3, 0.4) is 0 Å². The Kier molecular flexibility index (Phi) is 10.2. The molecule has 0 aromatic heterocycles. The zero-order valence-electron chi connectivity index (χ0n) is 27.2. The largest absolute Gasteiger partial charge is 0.469 e. The molecule has 0 aromatic rings. The molecule has 0 saturated carbocycles. The van der Waals surface area contributed by atoms with Crippen LogP contribution in [0.4, 0.5) is 0 Å². The van der Waals surface area contributed by atoms with Gasteiger partial charge in [-0.2, -0.15) is 0 Å². The summed E-state index contributed by atoms with van der Waals surface area (Å²) in [4.78, 5) is 12.0. The number of carbonyl (C=O) groups excluding carboxylic acids is 1. The molecule has 0 aromatic carbocycles. The molecule has 0 N–H and O–H groups in total. The van der Waals surface area contributed by atoms with Gasteiger partial charge >= 0.3 is 5.97 Å². The van der Waals surface area contributed by atoms with E-state index in [9.17, 15) is 4.79 Å². The number of hydrogen-bond donors (Lipinski definition) is 0. The van der Waals surface area contributed by atoms with Gasteiger partial charge in [0.25, 0.3) is 0 Å². The minimum Gasteiger partial charge on any atom is -0.469 e. The van der Waals surface area contributed by atoms with Gasteiger partial charge in [-0.25, -0.2) is 0 Å². The summed E-state index contributed by atoms with van der Waals surface area (Å²) in [5, 5.41) is 0. The predicted octanol–water partition coefficient (Wildman–Crippen LogP) is 5.58. The Morgan fingerprint density at radius 3 is 2.43 bits per heavy atom. The fraction of sp³-hybridized carbons (Fsp3) is 0.857. The van der Waals surface area contributed by atoms with Gasteiger partial charge in [0.2, 0.25) is 0 Å². The molecule has 0 spiro atoms. The van der Waals surface area contributed by atoms with Crippen molar-refractivity contribution in [2.24, 2.45) is 5.92 Å². The first-order valence-corrected chi connectivity index (χ1v) is 17.1. The molecule has 13 atom stereocenters. The third kappa shape index (κ3) is 6.99. The molecular weight excluding hydrogens is 564 g/mol. The normalized spacial score (nSPS) is 45.5. The number of hydrogen-bond acceptors (Lipinski definition) is 9. The highest BCUT2D eigenvalue weighted by Crippen LogP contribution is 2.47. The van der Waals surface area contributed by atoms with Crippen molar-refractivity contribution in [3.8, 4) is 0 Å². The van der Waals surface area contributed by atoms with Gasteiger partial charge in [0.15, 0.2) is 5.79 Å². The van der Waals surface area contributed by atoms with Crippen LogP contribution >= 0.6 is 0 Å². The van der Waals surface area contributed by atoms with Gasteiger partial charge in [0.1, 0.15) is 6.10 Å². The van der Waals surface area contributed by atoms with Crippen molar-refractivity contribution in [1.82, 2.24) is 0 Å². The third-order valence-electron chi connectivity index (χ3n) is 11.1. The highest BCUT2D eigenvalue weighted by molar-refractivity contribution is 5.69. The van der Waals surface area contributed by atoms with Crippen LogP contribution in [0, 0.1) is 5.92 Å². The van der Waals surface area contributed by atoms with Crippen molar-refractivity contribution in [3.05, 3.63) is 24.3 Å².